The Balaban J connectivity index is 1.94. The first kappa shape index (κ1) is 20.3. The number of fused-ring (bicyclic) bond motifs is 1. The summed E-state index contributed by atoms with van der Waals surface area (Å²) in [5.74, 6) is 0.0257. The Morgan fingerprint density at radius 1 is 1.28 bits per heavy atom. The lowest BCUT2D eigenvalue weighted by molar-refractivity contribution is -0.136. The van der Waals surface area contributed by atoms with Gasteiger partial charge in [0.05, 0.1) is 17.6 Å². The van der Waals surface area contributed by atoms with Crippen LogP contribution in [0.3, 0.4) is 0 Å². The van der Waals surface area contributed by atoms with Gasteiger partial charge in [0.25, 0.3) is 5.91 Å². The van der Waals surface area contributed by atoms with Crippen molar-refractivity contribution in [3.05, 3.63) is 53.1 Å². The number of hydrogen-bond donors (Lipinski definition) is 4. The van der Waals surface area contributed by atoms with Gasteiger partial charge in [-0.3, -0.25) is 15.1 Å². The number of furan rings is 1. The highest BCUT2D eigenvalue weighted by Gasteiger charge is 2.34. The van der Waals surface area contributed by atoms with Crippen LogP contribution in [0.1, 0.15) is 27.6 Å². The number of hydrogen-bond acceptors (Lipinski definition) is 5. The lowest BCUT2D eigenvalue weighted by Gasteiger charge is -2.11. The molecule has 2 heterocycles. The number of guanidine groups is 1. The second-order valence-electron chi connectivity index (χ2n) is 6.04. The van der Waals surface area contributed by atoms with E-state index >= 15 is 0 Å². The number of nitrogens with two attached hydrogens (primary N) is 2. The second-order valence-corrected chi connectivity index (χ2v) is 6.04. The Bertz CT molecular complexity index is 1070. The van der Waals surface area contributed by atoms with Crippen LogP contribution in [0.5, 0.6) is 5.75 Å². The molecule has 3 rings (SSSR count). The van der Waals surface area contributed by atoms with E-state index in [4.69, 9.17) is 20.6 Å². The van der Waals surface area contributed by atoms with E-state index in [1.165, 1.54) is 13.1 Å². The molecular weight excluding hydrogens is 391 g/mol. The summed E-state index contributed by atoms with van der Waals surface area (Å²) in [6, 6.07) is 6.62. The van der Waals surface area contributed by atoms with E-state index < -0.39 is 17.6 Å². The Morgan fingerprint density at radius 3 is 2.62 bits per heavy atom. The van der Waals surface area contributed by atoms with E-state index in [9.17, 15) is 18.0 Å². The smallest absolute Gasteiger partial charge is 0.417 e. The molecule has 1 aromatic carbocycles. The number of carbonyl (C=O) groups is 1. The lowest BCUT2D eigenvalue weighted by Crippen LogP contribution is -2.36. The highest BCUT2D eigenvalue weighted by Crippen LogP contribution is 2.38. The summed E-state index contributed by atoms with van der Waals surface area (Å²) in [4.78, 5) is 18.4. The summed E-state index contributed by atoms with van der Waals surface area (Å²) >= 11 is 0. The number of ether oxygens (including phenoxy) is 1. The largest absolute Gasteiger partial charge is 0.486 e. The molecule has 2 aromatic heterocycles. The number of amides is 1. The average molecular weight is 409 g/mol. The molecule has 0 radical (unpaired) electrons. The number of aromatic amines is 1. The molecule has 6 N–H and O–H groups in total. The fourth-order valence-corrected chi connectivity index (χ4v) is 2.65. The van der Waals surface area contributed by atoms with Gasteiger partial charge in [0.15, 0.2) is 5.96 Å². The van der Waals surface area contributed by atoms with E-state index in [1.54, 1.807) is 12.1 Å². The van der Waals surface area contributed by atoms with E-state index in [2.05, 4.69) is 15.3 Å². The molecule has 0 atom stereocenters. The van der Waals surface area contributed by atoms with Crippen molar-refractivity contribution in [3.8, 4) is 5.75 Å². The van der Waals surface area contributed by atoms with Crippen molar-refractivity contribution in [2.45, 2.75) is 19.3 Å². The van der Waals surface area contributed by atoms with Gasteiger partial charge >= 0.3 is 6.18 Å². The Labute approximate surface area is 162 Å². The molecule has 0 spiro atoms. The number of nitrogens with one attached hydrogen (secondary N) is 2. The van der Waals surface area contributed by atoms with Crippen LogP contribution in [0.2, 0.25) is 0 Å². The number of aromatic nitrogens is 1. The van der Waals surface area contributed by atoms with Crippen molar-refractivity contribution in [1.82, 2.24) is 10.3 Å². The van der Waals surface area contributed by atoms with Crippen LogP contribution in [0.4, 0.5) is 13.2 Å². The second kappa shape index (κ2) is 7.87. The number of aliphatic imine (C=N–C) groups is 1. The molecule has 0 saturated carbocycles. The molecule has 0 saturated heterocycles. The van der Waals surface area contributed by atoms with Crippen LogP contribution in [0.15, 0.2) is 39.7 Å². The molecule has 0 unspecified atom stereocenters. The summed E-state index contributed by atoms with van der Waals surface area (Å²) < 4.78 is 51.4. The van der Waals surface area contributed by atoms with Gasteiger partial charge in [0, 0.05) is 18.5 Å². The predicted molar refractivity (Wildman–Crippen MR) is 99.2 cm³/mol. The monoisotopic (exact) mass is 409 g/mol. The SMILES string of the molecule is CN=C(N)NC(=O)c1cc2c(C(F)(F)F)cc(OCc3ccc(CN)o3)cc2[nH]1. The van der Waals surface area contributed by atoms with Gasteiger partial charge in [-0.1, -0.05) is 0 Å². The summed E-state index contributed by atoms with van der Waals surface area (Å²) in [5, 5.41) is 2.08. The number of halogens is 3. The number of benzene rings is 1. The van der Waals surface area contributed by atoms with Crippen LogP contribution in [0.25, 0.3) is 10.9 Å². The van der Waals surface area contributed by atoms with Gasteiger partial charge in [-0.15, -0.1) is 0 Å². The van der Waals surface area contributed by atoms with Crippen molar-refractivity contribution in [2.24, 2.45) is 16.5 Å². The molecule has 11 heteroatoms. The molecular formula is C18H18F3N5O3. The molecule has 0 aliphatic rings. The Kier molecular flexibility index (Phi) is 5.50. The number of alkyl halides is 3. The van der Waals surface area contributed by atoms with Crippen molar-refractivity contribution in [2.75, 3.05) is 7.05 Å². The number of carbonyl (C=O) groups excluding carboxylic acids is 1. The van der Waals surface area contributed by atoms with Crippen LogP contribution < -0.4 is 21.5 Å². The third kappa shape index (κ3) is 4.51. The maximum absolute atomic E-state index is 13.5. The number of H-pyrrole nitrogens is 1. The van der Waals surface area contributed by atoms with Crippen LogP contribution in [0, 0.1) is 0 Å². The normalized spacial score (nSPS) is 12.4. The molecule has 3 aromatic rings. The van der Waals surface area contributed by atoms with Crippen molar-refractivity contribution in [3.63, 3.8) is 0 Å². The highest BCUT2D eigenvalue weighted by molar-refractivity contribution is 6.06. The molecule has 0 aliphatic heterocycles. The maximum atomic E-state index is 13.5. The first-order valence-electron chi connectivity index (χ1n) is 8.39. The minimum atomic E-state index is -4.66. The first-order valence-corrected chi connectivity index (χ1v) is 8.39. The van der Waals surface area contributed by atoms with E-state index in [0.717, 1.165) is 12.1 Å². The van der Waals surface area contributed by atoms with Gasteiger partial charge in [0.1, 0.15) is 29.6 Å². The molecule has 0 bridgehead atoms. The third-order valence-corrected chi connectivity index (χ3v) is 4.04. The fourth-order valence-electron chi connectivity index (χ4n) is 2.65. The minimum Gasteiger partial charge on any atom is -0.486 e. The Morgan fingerprint density at radius 2 is 2.00 bits per heavy atom. The average Bonchev–Trinajstić information content (AvgIpc) is 3.31. The standard InChI is InChI=1S/C18H18F3N5O3/c1-24-17(23)26-16(27)15-6-12-13(18(19,20)21)4-11(5-14(12)25-15)28-8-10-3-2-9(7-22)29-10/h2-6,25H,7-8,22H2,1H3,(H3,23,24,26,27). The van der Waals surface area contributed by atoms with E-state index in [1.807, 2.05) is 0 Å². The maximum Gasteiger partial charge on any atom is 0.417 e. The molecule has 0 aliphatic carbocycles. The molecule has 8 nitrogen and oxygen atoms in total. The van der Waals surface area contributed by atoms with E-state index in [0.29, 0.717) is 11.5 Å². The predicted octanol–water partition coefficient (Wildman–Crippen LogP) is 2.49. The van der Waals surface area contributed by atoms with Gasteiger partial charge in [0.2, 0.25) is 0 Å². The highest BCUT2D eigenvalue weighted by atomic mass is 19.4. The van der Waals surface area contributed by atoms with Crippen molar-refractivity contribution >= 4 is 22.8 Å². The van der Waals surface area contributed by atoms with Crippen molar-refractivity contribution < 1.29 is 27.1 Å². The van der Waals surface area contributed by atoms with Crippen LogP contribution in [-0.2, 0) is 19.3 Å². The van der Waals surface area contributed by atoms with Crippen molar-refractivity contribution in [1.29, 1.82) is 0 Å². The summed E-state index contributed by atoms with van der Waals surface area (Å²) in [7, 11) is 1.36. The summed E-state index contributed by atoms with van der Waals surface area (Å²) in [6.07, 6.45) is -4.66. The molecule has 154 valence electrons. The molecule has 0 fully saturated rings. The zero-order chi connectivity index (χ0) is 21.2. The summed E-state index contributed by atoms with van der Waals surface area (Å²) in [5.41, 5.74) is 9.91. The topological polar surface area (TPSA) is 132 Å². The number of nitrogens with zero attached hydrogens (tertiary/aromatic N) is 1. The van der Waals surface area contributed by atoms with Gasteiger partial charge in [-0.05, 0) is 24.3 Å². The first-order chi connectivity index (χ1) is 13.7. The quantitative estimate of drug-likeness (QED) is 0.380. The third-order valence-electron chi connectivity index (χ3n) is 4.04. The zero-order valence-corrected chi connectivity index (χ0v) is 15.3. The fraction of sp³-hybridized carbons (Fsp3) is 0.222. The van der Waals surface area contributed by atoms with Gasteiger partial charge in [-0.25, -0.2) is 0 Å². The number of rotatable bonds is 5. The van der Waals surface area contributed by atoms with Gasteiger partial charge in [-0.2, -0.15) is 13.2 Å². The van der Waals surface area contributed by atoms with Crippen LogP contribution >= 0.6 is 0 Å². The van der Waals surface area contributed by atoms with Gasteiger partial charge < -0.3 is 25.6 Å². The minimum absolute atomic E-state index is 0.0426. The molecule has 1 amide bonds. The van der Waals surface area contributed by atoms with Crippen LogP contribution in [-0.4, -0.2) is 23.9 Å². The molecule has 29 heavy (non-hydrogen) atoms. The lowest BCUT2D eigenvalue weighted by atomic mass is 10.1. The van der Waals surface area contributed by atoms with E-state index in [-0.39, 0.29) is 41.5 Å². The Hall–Kier alpha value is -3.47. The zero-order valence-electron chi connectivity index (χ0n) is 15.3. The summed E-state index contributed by atoms with van der Waals surface area (Å²) in [6.45, 7) is 0.116.